The fourth-order valence-electron chi connectivity index (χ4n) is 3.83. The number of hydrazine groups is 1. The molecule has 15 heteroatoms. The number of sulfonamides is 1. The lowest BCUT2D eigenvalue weighted by molar-refractivity contribution is -0.176. The number of carbonyl (C=O) groups excluding carboxylic acids is 5. The summed E-state index contributed by atoms with van der Waals surface area (Å²) in [6.45, 7) is 3.54. The number of hydrogen-bond donors (Lipinski definition) is 2. The summed E-state index contributed by atoms with van der Waals surface area (Å²) in [5.74, 6) is -3.46. The fraction of sp³-hybridized carbons (Fsp3) is 0.600. The minimum atomic E-state index is -3.79. The molecule has 0 unspecified atom stereocenters. The molecule has 0 saturated carbocycles. The molecule has 2 aliphatic rings. The average molecular weight is 513 g/mol. The first kappa shape index (κ1) is 27.8. The third-order valence-electron chi connectivity index (χ3n) is 5.36. The van der Waals surface area contributed by atoms with Crippen LogP contribution in [-0.2, 0) is 38.7 Å². The van der Waals surface area contributed by atoms with Gasteiger partial charge in [0.2, 0.25) is 21.8 Å². The monoisotopic (exact) mass is 512 g/mol. The molecule has 14 nitrogen and oxygen atoms in total. The zero-order chi connectivity index (χ0) is 26.2. The molecule has 0 aromatic carbocycles. The van der Waals surface area contributed by atoms with E-state index in [-0.39, 0.29) is 45.3 Å². The van der Waals surface area contributed by atoms with Crippen LogP contribution in [0.15, 0.2) is 12.7 Å². The number of esters is 1. The van der Waals surface area contributed by atoms with Crippen LogP contribution in [0.1, 0.15) is 38.5 Å². The van der Waals surface area contributed by atoms with Gasteiger partial charge in [0.1, 0.15) is 18.7 Å². The lowest BCUT2D eigenvalue weighted by atomic mass is 10.0. The smallest absolute Gasteiger partial charge is 0.325 e. The van der Waals surface area contributed by atoms with Gasteiger partial charge in [-0.1, -0.05) is 12.7 Å². The molecule has 0 aromatic rings. The molecular weight excluding hydrogens is 484 g/mol. The van der Waals surface area contributed by atoms with Crippen LogP contribution < -0.4 is 10.0 Å². The van der Waals surface area contributed by atoms with Crippen LogP contribution in [0.2, 0.25) is 0 Å². The molecule has 0 radical (unpaired) electrons. The Morgan fingerprint density at radius 3 is 2.66 bits per heavy atom. The number of ether oxygens (including phenoxy) is 1. The summed E-state index contributed by atoms with van der Waals surface area (Å²) in [5.41, 5.74) is 8.71. The van der Waals surface area contributed by atoms with Gasteiger partial charge in [-0.3, -0.25) is 29.0 Å². The molecule has 0 aliphatic carbocycles. The van der Waals surface area contributed by atoms with Crippen molar-refractivity contribution in [1.82, 2.24) is 20.1 Å². The summed E-state index contributed by atoms with van der Waals surface area (Å²) in [6, 6.07) is -3.74. The molecule has 2 aliphatic heterocycles. The minimum absolute atomic E-state index is 0.0341. The van der Waals surface area contributed by atoms with Crippen molar-refractivity contribution < 1.29 is 41.9 Å². The highest BCUT2D eigenvalue weighted by molar-refractivity contribution is 7.88. The van der Waals surface area contributed by atoms with E-state index in [2.05, 4.69) is 21.4 Å². The van der Waals surface area contributed by atoms with E-state index in [1.165, 1.54) is 6.08 Å². The van der Waals surface area contributed by atoms with Crippen molar-refractivity contribution in [3.05, 3.63) is 18.2 Å². The second-order valence-corrected chi connectivity index (χ2v) is 9.84. The predicted octanol–water partition coefficient (Wildman–Crippen LogP) is -1.70. The number of nitrogens with zero attached hydrogens (tertiary/aromatic N) is 4. The number of carbonyl (C=O) groups is 5. The Morgan fingerprint density at radius 1 is 1.31 bits per heavy atom. The van der Waals surface area contributed by atoms with E-state index in [1.54, 1.807) is 0 Å². The highest BCUT2D eigenvalue weighted by Gasteiger charge is 2.45. The molecule has 35 heavy (non-hydrogen) atoms. The van der Waals surface area contributed by atoms with Crippen molar-refractivity contribution in [1.29, 1.82) is 0 Å². The van der Waals surface area contributed by atoms with Gasteiger partial charge in [-0.2, -0.15) is 4.79 Å². The third kappa shape index (κ3) is 7.80. The maximum Gasteiger partial charge on any atom is 0.325 e. The summed E-state index contributed by atoms with van der Waals surface area (Å²) in [7, 11) is -3.79. The largest absolute Gasteiger partial charge is 0.461 e. The van der Waals surface area contributed by atoms with Crippen LogP contribution in [-0.4, -0.2) is 96.4 Å². The lowest BCUT2D eigenvalue weighted by Crippen LogP contribution is -2.64. The number of nitrogens with one attached hydrogen (secondary N) is 2. The normalized spacial score (nSPS) is 21.2. The lowest BCUT2D eigenvalue weighted by Gasteiger charge is -2.43. The Kier molecular flexibility index (Phi) is 9.80. The molecule has 2 fully saturated rings. The second kappa shape index (κ2) is 12.3. The first-order chi connectivity index (χ1) is 16.5. The second-order valence-electron chi connectivity index (χ2n) is 8.06. The Bertz CT molecular complexity index is 1040. The van der Waals surface area contributed by atoms with Crippen LogP contribution in [0, 0.1) is 0 Å². The van der Waals surface area contributed by atoms with E-state index < -0.39 is 57.6 Å². The highest BCUT2D eigenvalue weighted by atomic mass is 32.2. The van der Waals surface area contributed by atoms with Gasteiger partial charge in [0.25, 0.3) is 11.7 Å². The topological polar surface area (TPSA) is 196 Å². The maximum absolute atomic E-state index is 13.2. The third-order valence-corrected chi connectivity index (χ3v) is 6.08. The molecule has 2 heterocycles. The van der Waals surface area contributed by atoms with Gasteiger partial charge in [-0.15, -0.1) is 0 Å². The van der Waals surface area contributed by atoms with Crippen molar-refractivity contribution >= 4 is 45.7 Å². The summed E-state index contributed by atoms with van der Waals surface area (Å²) in [6.07, 6.45) is 2.71. The Balaban J connectivity index is 2.25. The molecule has 2 rings (SSSR count). The van der Waals surface area contributed by atoms with Crippen molar-refractivity contribution in [3.63, 3.8) is 0 Å². The summed E-state index contributed by atoms with van der Waals surface area (Å²) in [5, 5.41) is 4.51. The van der Waals surface area contributed by atoms with Crippen LogP contribution in [0.25, 0.3) is 5.53 Å². The van der Waals surface area contributed by atoms with Gasteiger partial charge in [-0.25, -0.2) is 18.1 Å². The molecule has 0 bridgehead atoms. The molecule has 0 spiro atoms. The van der Waals surface area contributed by atoms with Gasteiger partial charge in [-0.05, 0) is 25.7 Å². The number of fused-ring (bicyclic) bond motifs is 1. The van der Waals surface area contributed by atoms with Crippen molar-refractivity contribution in [3.8, 4) is 0 Å². The highest BCUT2D eigenvalue weighted by Crippen LogP contribution is 2.25. The number of amides is 3. The number of ketones is 1. The van der Waals surface area contributed by atoms with Crippen LogP contribution in [0.3, 0.4) is 0 Å². The van der Waals surface area contributed by atoms with E-state index in [9.17, 15) is 32.4 Å². The Morgan fingerprint density at radius 2 is 2.03 bits per heavy atom. The fourth-order valence-corrected chi connectivity index (χ4v) is 4.56. The van der Waals surface area contributed by atoms with Gasteiger partial charge in [0.05, 0.1) is 12.3 Å². The minimum Gasteiger partial charge on any atom is -0.461 e. The average Bonchev–Trinajstić information content (AvgIpc) is 2.91. The van der Waals surface area contributed by atoms with Gasteiger partial charge in [0.15, 0.2) is 0 Å². The van der Waals surface area contributed by atoms with Gasteiger partial charge >= 0.3 is 12.2 Å². The number of hydrogen-bond acceptors (Lipinski definition) is 8. The Hall–Kier alpha value is -3.42. The number of Topliss-reactive ketones (excluding diaryl/α,β-unsaturated/α-hetero) is 1. The molecule has 2 saturated heterocycles. The first-order valence-electron chi connectivity index (χ1n) is 10.9. The molecule has 3 amide bonds. The van der Waals surface area contributed by atoms with E-state index in [1.807, 2.05) is 0 Å². The van der Waals surface area contributed by atoms with Gasteiger partial charge < -0.3 is 15.6 Å². The van der Waals surface area contributed by atoms with E-state index in [0.29, 0.717) is 12.6 Å². The zero-order valence-electron chi connectivity index (χ0n) is 19.2. The summed E-state index contributed by atoms with van der Waals surface area (Å²) in [4.78, 5) is 65.8. The van der Waals surface area contributed by atoms with Crippen LogP contribution in [0.5, 0.6) is 0 Å². The molecule has 3 atom stereocenters. The molecular formula is C20H28N6O8S. The number of rotatable bonds is 11. The standard InChI is InChI=1S/C20H28N6O8S/c1-3-11-34-18(29)9-7-13(16(27)12-22-21)23-19(30)15-5-4-10-25-17(28)8-6-14(20(31)26(15)25)24-35(2,32)33/h3,12-15,24H,1,4-11H2,2H3,(H,23,30)/t13-,14-,15-/m0/s1. The Labute approximate surface area is 202 Å². The molecule has 192 valence electrons. The van der Waals surface area contributed by atoms with Crippen molar-refractivity contribution in [2.75, 3.05) is 19.4 Å². The maximum atomic E-state index is 13.2. The van der Waals surface area contributed by atoms with E-state index in [0.717, 1.165) is 16.3 Å². The van der Waals surface area contributed by atoms with Gasteiger partial charge in [0, 0.05) is 19.4 Å². The quantitative estimate of drug-likeness (QED) is 0.107. The predicted molar refractivity (Wildman–Crippen MR) is 120 cm³/mol. The van der Waals surface area contributed by atoms with E-state index in [4.69, 9.17) is 10.3 Å². The summed E-state index contributed by atoms with van der Waals surface area (Å²) < 4.78 is 30.5. The molecule has 2 N–H and O–H groups in total. The van der Waals surface area contributed by atoms with Crippen molar-refractivity contribution in [2.24, 2.45) is 0 Å². The van der Waals surface area contributed by atoms with Crippen LogP contribution >= 0.6 is 0 Å². The zero-order valence-corrected chi connectivity index (χ0v) is 20.0. The SMILES string of the molecule is C=CCOC(=O)CC[C@H](NC(=O)[C@@H]1CCCN2C(=O)CC[C@H](NS(C)(=O)=O)C(=O)N12)C(=O)C=[N+]=[N-]. The molecule has 0 aromatic heterocycles. The van der Waals surface area contributed by atoms with Crippen LogP contribution in [0.4, 0.5) is 0 Å². The first-order valence-corrected chi connectivity index (χ1v) is 12.8. The summed E-state index contributed by atoms with van der Waals surface area (Å²) >= 11 is 0. The van der Waals surface area contributed by atoms with Crippen molar-refractivity contribution in [2.45, 2.75) is 56.7 Å². The van der Waals surface area contributed by atoms with E-state index >= 15 is 0 Å².